The van der Waals surface area contributed by atoms with Crippen molar-refractivity contribution in [2.24, 2.45) is 0 Å². The van der Waals surface area contributed by atoms with E-state index in [-0.39, 0.29) is 6.10 Å². The highest BCUT2D eigenvalue weighted by atomic mass is 32.7. The van der Waals surface area contributed by atoms with Gasteiger partial charge in [-0.05, 0) is 31.7 Å². The van der Waals surface area contributed by atoms with Crippen molar-refractivity contribution in [1.29, 1.82) is 0 Å². The van der Waals surface area contributed by atoms with Crippen molar-refractivity contribution in [2.45, 2.75) is 26.9 Å². The summed E-state index contributed by atoms with van der Waals surface area (Å²) in [4.78, 5) is 0. The molecule has 4 heteroatoms. The second-order valence-electron chi connectivity index (χ2n) is 3.40. The van der Waals surface area contributed by atoms with Crippen LogP contribution in [0.5, 0.6) is 0 Å². The summed E-state index contributed by atoms with van der Waals surface area (Å²) in [6.07, 6.45) is -0.0184. The van der Waals surface area contributed by atoms with E-state index in [1.807, 2.05) is 51.1 Å². The molecule has 0 fully saturated rings. The van der Waals surface area contributed by atoms with Gasteiger partial charge in [0.25, 0.3) is 6.57 Å². The first kappa shape index (κ1) is 12.8. The number of rotatable bonds is 5. The van der Waals surface area contributed by atoms with Crippen molar-refractivity contribution in [3.63, 3.8) is 0 Å². The minimum atomic E-state index is -2.71. The summed E-state index contributed by atoms with van der Waals surface area (Å²) in [6.45, 7) is 3.10. The molecule has 1 unspecified atom stereocenters. The van der Waals surface area contributed by atoms with E-state index in [2.05, 4.69) is 0 Å². The van der Waals surface area contributed by atoms with E-state index in [1.54, 1.807) is 0 Å². The molecule has 1 atom stereocenters. The van der Waals surface area contributed by atoms with E-state index in [1.165, 1.54) is 11.4 Å². The van der Waals surface area contributed by atoms with Crippen molar-refractivity contribution in [2.75, 3.05) is 5.75 Å². The zero-order valence-electron chi connectivity index (χ0n) is 9.34. The molecule has 0 aromatic heterocycles. The van der Waals surface area contributed by atoms with Crippen molar-refractivity contribution >= 4 is 23.3 Å². The molecule has 0 saturated carbocycles. The van der Waals surface area contributed by atoms with Crippen LogP contribution in [0, 0.1) is 0 Å². The summed E-state index contributed by atoms with van der Waals surface area (Å²) in [7, 11) is 0. The molecular formula is C11H17O2PS. The molecule has 0 radical (unpaired) electrons. The Balaban J connectivity index is 2.96. The number of benzene rings is 1. The normalized spacial score (nSPS) is 15.2. The second-order valence-corrected chi connectivity index (χ2v) is 8.18. The molecule has 1 aromatic carbocycles. The van der Waals surface area contributed by atoms with Crippen LogP contribution in [-0.2, 0) is 9.09 Å². The highest BCUT2D eigenvalue weighted by molar-refractivity contribution is 8.58. The van der Waals surface area contributed by atoms with Crippen LogP contribution in [0.2, 0.25) is 0 Å². The molecule has 0 N–H and O–H groups in total. The lowest BCUT2D eigenvalue weighted by Gasteiger charge is -2.19. The van der Waals surface area contributed by atoms with E-state index in [9.17, 15) is 4.57 Å². The van der Waals surface area contributed by atoms with E-state index in [4.69, 9.17) is 4.52 Å². The largest absolute Gasteiger partial charge is 0.315 e. The first-order valence-corrected chi connectivity index (χ1v) is 8.28. The third kappa shape index (κ3) is 3.67. The first-order chi connectivity index (χ1) is 7.08. The monoisotopic (exact) mass is 244 g/mol. The maximum Gasteiger partial charge on any atom is 0.287 e. The zero-order valence-corrected chi connectivity index (χ0v) is 11.1. The van der Waals surface area contributed by atoms with Crippen molar-refractivity contribution in [3.8, 4) is 0 Å². The summed E-state index contributed by atoms with van der Waals surface area (Å²) in [5.74, 6) is 0.791. The van der Waals surface area contributed by atoms with E-state index < -0.39 is 6.57 Å². The number of hydrogen-bond donors (Lipinski definition) is 0. The molecule has 0 aliphatic rings. The Morgan fingerprint density at radius 2 is 1.93 bits per heavy atom. The molecule has 84 valence electrons. The molecule has 2 nitrogen and oxygen atoms in total. The smallest absolute Gasteiger partial charge is 0.287 e. The van der Waals surface area contributed by atoms with Crippen LogP contribution in [-0.4, -0.2) is 11.9 Å². The van der Waals surface area contributed by atoms with Gasteiger partial charge in [-0.1, -0.05) is 36.5 Å². The average Bonchev–Trinajstić information content (AvgIpc) is 2.18. The van der Waals surface area contributed by atoms with Crippen LogP contribution in [0.3, 0.4) is 0 Å². The summed E-state index contributed by atoms with van der Waals surface area (Å²) in [5.41, 5.74) is 0. The van der Waals surface area contributed by atoms with Crippen LogP contribution in [0.15, 0.2) is 30.3 Å². The van der Waals surface area contributed by atoms with Gasteiger partial charge in [0.1, 0.15) is 0 Å². The third-order valence-corrected chi connectivity index (χ3v) is 6.63. The molecule has 0 bridgehead atoms. The maximum absolute atomic E-state index is 12.6. The first-order valence-electron chi connectivity index (χ1n) is 5.07. The second kappa shape index (κ2) is 5.74. The minimum absolute atomic E-state index is 0.0184. The summed E-state index contributed by atoms with van der Waals surface area (Å²) >= 11 is 1.39. The minimum Gasteiger partial charge on any atom is -0.315 e. The van der Waals surface area contributed by atoms with Gasteiger partial charge in [-0.25, -0.2) is 0 Å². The predicted molar refractivity (Wildman–Crippen MR) is 68.0 cm³/mol. The summed E-state index contributed by atoms with van der Waals surface area (Å²) < 4.78 is 18.1. The lowest BCUT2D eigenvalue weighted by molar-refractivity contribution is 0.257. The molecule has 0 aliphatic carbocycles. The van der Waals surface area contributed by atoms with Gasteiger partial charge >= 0.3 is 0 Å². The standard InChI is InChI=1S/C11H17O2PS/c1-4-15-14(12,13-10(2)3)11-8-6-5-7-9-11/h5-10H,4H2,1-3H3. The Morgan fingerprint density at radius 3 is 2.40 bits per heavy atom. The summed E-state index contributed by atoms with van der Waals surface area (Å²) in [6, 6.07) is 9.43. The van der Waals surface area contributed by atoms with E-state index in [0.29, 0.717) is 0 Å². The zero-order chi connectivity index (χ0) is 11.3. The van der Waals surface area contributed by atoms with Crippen LogP contribution >= 0.6 is 18.0 Å². The Kier molecular flexibility index (Phi) is 4.91. The fourth-order valence-electron chi connectivity index (χ4n) is 1.22. The Morgan fingerprint density at radius 1 is 1.33 bits per heavy atom. The van der Waals surface area contributed by atoms with Gasteiger partial charge in [0.2, 0.25) is 0 Å². The van der Waals surface area contributed by atoms with Crippen molar-refractivity contribution in [1.82, 2.24) is 0 Å². The molecule has 1 rings (SSSR count). The molecule has 0 aliphatic heterocycles. The van der Waals surface area contributed by atoms with Gasteiger partial charge in [-0.15, -0.1) is 0 Å². The van der Waals surface area contributed by atoms with Crippen LogP contribution in [0.4, 0.5) is 0 Å². The van der Waals surface area contributed by atoms with Gasteiger partial charge in [-0.2, -0.15) is 0 Å². The fraction of sp³-hybridized carbons (Fsp3) is 0.455. The van der Waals surface area contributed by atoms with Gasteiger partial charge in [0, 0.05) is 5.30 Å². The quantitative estimate of drug-likeness (QED) is 0.739. The highest BCUT2D eigenvalue weighted by Gasteiger charge is 2.26. The fourth-order valence-corrected chi connectivity index (χ4v) is 5.52. The Labute approximate surface area is 95.6 Å². The molecular weight excluding hydrogens is 227 g/mol. The summed E-state index contributed by atoms with van der Waals surface area (Å²) in [5, 5.41) is 0.797. The van der Waals surface area contributed by atoms with Crippen molar-refractivity contribution in [3.05, 3.63) is 30.3 Å². The van der Waals surface area contributed by atoms with Gasteiger partial charge in [-0.3, -0.25) is 4.57 Å². The number of hydrogen-bond acceptors (Lipinski definition) is 3. The van der Waals surface area contributed by atoms with E-state index in [0.717, 1.165) is 11.1 Å². The Bertz CT molecular complexity index is 338. The lowest BCUT2D eigenvalue weighted by atomic mass is 10.4. The van der Waals surface area contributed by atoms with Crippen LogP contribution in [0.25, 0.3) is 0 Å². The predicted octanol–water partition coefficient (Wildman–Crippen LogP) is 3.68. The molecule has 0 saturated heterocycles. The third-order valence-electron chi connectivity index (χ3n) is 1.72. The van der Waals surface area contributed by atoms with Crippen molar-refractivity contribution < 1.29 is 9.09 Å². The average molecular weight is 244 g/mol. The van der Waals surface area contributed by atoms with Gasteiger partial charge < -0.3 is 4.52 Å². The van der Waals surface area contributed by atoms with Crippen LogP contribution in [0.1, 0.15) is 20.8 Å². The van der Waals surface area contributed by atoms with Crippen LogP contribution < -0.4 is 5.30 Å². The molecule has 15 heavy (non-hydrogen) atoms. The Hall–Kier alpha value is -0.240. The SMILES string of the molecule is CCSP(=O)(OC(C)C)c1ccccc1. The van der Waals surface area contributed by atoms with Gasteiger partial charge in [0.15, 0.2) is 0 Å². The highest BCUT2D eigenvalue weighted by Crippen LogP contribution is 2.58. The lowest BCUT2D eigenvalue weighted by Crippen LogP contribution is -2.09. The maximum atomic E-state index is 12.6. The molecule has 0 amide bonds. The molecule has 0 heterocycles. The van der Waals surface area contributed by atoms with E-state index >= 15 is 0 Å². The van der Waals surface area contributed by atoms with Gasteiger partial charge in [0.05, 0.1) is 6.10 Å². The molecule has 0 spiro atoms. The molecule has 1 aromatic rings. The topological polar surface area (TPSA) is 26.3 Å².